The maximum atomic E-state index is 13.1. The Morgan fingerprint density at radius 2 is 1.71 bits per heavy atom. The molecule has 1 aromatic carbocycles. The topological polar surface area (TPSA) is 122 Å². The maximum Gasteiger partial charge on any atom is 0.308 e. The summed E-state index contributed by atoms with van der Waals surface area (Å²) in [6.45, 7) is 3.83. The van der Waals surface area contributed by atoms with E-state index in [1.165, 1.54) is 25.9 Å². The Balaban J connectivity index is 3.00. The maximum absolute atomic E-state index is 13.1. The molecule has 0 unspecified atom stereocenters. The molecule has 0 saturated heterocycles. The lowest BCUT2D eigenvalue weighted by Gasteiger charge is -2.27. The SMILES string of the molecule is CNC(=O)[C@H](CCC(=O)OC)NC(=O)[C@H](CC(C)C)[C@H](CSc1ccccc1)C(=O)O. The minimum Gasteiger partial charge on any atom is -0.481 e. The van der Waals surface area contributed by atoms with Crippen LogP contribution in [0.2, 0.25) is 0 Å². The minimum absolute atomic E-state index is 0.0457. The van der Waals surface area contributed by atoms with Crippen molar-refractivity contribution in [3.63, 3.8) is 0 Å². The number of esters is 1. The highest BCUT2D eigenvalue weighted by atomic mass is 32.2. The molecule has 8 nitrogen and oxygen atoms in total. The van der Waals surface area contributed by atoms with Gasteiger partial charge in [0.2, 0.25) is 11.8 Å². The fourth-order valence-electron chi connectivity index (χ4n) is 3.11. The van der Waals surface area contributed by atoms with Crippen LogP contribution >= 0.6 is 11.8 Å². The van der Waals surface area contributed by atoms with Gasteiger partial charge in [-0.05, 0) is 30.9 Å². The number of thioether (sulfide) groups is 1. The molecule has 0 saturated carbocycles. The van der Waals surface area contributed by atoms with E-state index in [1.54, 1.807) is 0 Å². The van der Waals surface area contributed by atoms with E-state index >= 15 is 0 Å². The van der Waals surface area contributed by atoms with Crippen molar-refractivity contribution < 1.29 is 29.0 Å². The normalized spacial score (nSPS) is 13.7. The Morgan fingerprint density at radius 1 is 1.06 bits per heavy atom. The molecule has 172 valence electrons. The van der Waals surface area contributed by atoms with Crippen molar-refractivity contribution >= 4 is 35.5 Å². The van der Waals surface area contributed by atoms with Crippen molar-refractivity contribution in [3.8, 4) is 0 Å². The van der Waals surface area contributed by atoms with Crippen LogP contribution in [0.1, 0.15) is 33.1 Å². The number of methoxy groups -OCH3 is 1. The van der Waals surface area contributed by atoms with Crippen molar-refractivity contribution in [3.05, 3.63) is 30.3 Å². The van der Waals surface area contributed by atoms with Gasteiger partial charge in [-0.2, -0.15) is 0 Å². The molecule has 0 radical (unpaired) electrons. The number of carbonyl (C=O) groups excluding carboxylic acids is 3. The van der Waals surface area contributed by atoms with Gasteiger partial charge in [-0.25, -0.2) is 0 Å². The van der Waals surface area contributed by atoms with Crippen molar-refractivity contribution in [1.29, 1.82) is 0 Å². The quantitative estimate of drug-likeness (QED) is 0.310. The van der Waals surface area contributed by atoms with Crippen molar-refractivity contribution in [2.24, 2.45) is 17.8 Å². The van der Waals surface area contributed by atoms with Crippen LogP contribution < -0.4 is 10.6 Å². The third-order valence-corrected chi connectivity index (χ3v) is 5.91. The Kier molecular flexibility index (Phi) is 11.7. The van der Waals surface area contributed by atoms with Crippen molar-refractivity contribution in [2.45, 2.75) is 44.0 Å². The van der Waals surface area contributed by atoms with Gasteiger partial charge in [-0.3, -0.25) is 19.2 Å². The number of likely N-dealkylation sites (N-methyl/N-ethyl adjacent to an activating group) is 1. The molecule has 9 heteroatoms. The molecular formula is C22H32N2O6S. The molecule has 1 aromatic rings. The number of benzene rings is 1. The van der Waals surface area contributed by atoms with Crippen LogP contribution in [0.4, 0.5) is 0 Å². The number of carboxylic acid groups (broad SMARTS) is 1. The third kappa shape index (κ3) is 9.42. The van der Waals surface area contributed by atoms with E-state index in [2.05, 4.69) is 15.4 Å². The number of carbonyl (C=O) groups is 4. The van der Waals surface area contributed by atoms with Gasteiger partial charge < -0.3 is 20.5 Å². The van der Waals surface area contributed by atoms with Gasteiger partial charge >= 0.3 is 11.9 Å². The lowest BCUT2D eigenvalue weighted by Crippen LogP contribution is -2.50. The highest BCUT2D eigenvalue weighted by Crippen LogP contribution is 2.29. The summed E-state index contributed by atoms with van der Waals surface area (Å²) >= 11 is 1.38. The lowest BCUT2D eigenvalue weighted by molar-refractivity contribution is -0.147. The number of ether oxygens (including phenoxy) is 1. The molecule has 31 heavy (non-hydrogen) atoms. The Bertz CT molecular complexity index is 741. The number of aliphatic carboxylic acids is 1. The first-order chi connectivity index (χ1) is 14.7. The fourth-order valence-corrected chi connectivity index (χ4v) is 4.21. The fraction of sp³-hybridized carbons (Fsp3) is 0.545. The van der Waals surface area contributed by atoms with Crippen LogP contribution in [0.3, 0.4) is 0 Å². The smallest absolute Gasteiger partial charge is 0.308 e. The average Bonchev–Trinajstić information content (AvgIpc) is 2.75. The average molecular weight is 453 g/mol. The van der Waals surface area contributed by atoms with Crippen molar-refractivity contribution in [1.82, 2.24) is 10.6 Å². The number of hydrogen-bond donors (Lipinski definition) is 3. The minimum atomic E-state index is -1.06. The molecule has 0 fully saturated rings. The van der Waals surface area contributed by atoms with Gasteiger partial charge in [-0.1, -0.05) is 32.0 Å². The standard InChI is InChI=1S/C22H32N2O6S/c1-14(2)12-16(17(22(28)29)13-31-15-8-6-5-7-9-15)20(26)24-18(21(27)23-3)10-11-19(25)30-4/h5-9,14,16-18H,10-13H2,1-4H3,(H,23,27)(H,24,26)(H,28,29)/t16-,17+,18+/m1/s1. The summed E-state index contributed by atoms with van der Waals surface area (Å²) in [7, 11) is 2.68. The summed E-state index contributed by atoms with van der Waals surface area (Å²) in [6, 6.07) is 8.42. The van der Waals surface area contributed by atoms with Crippen LogP contribution in [0.15, 0.2) is 35.2 Å². The second-order valence-electron chi connectivity index (χ2n) is 7.60. The van der Waals surface area contributed by atoms with Crippen LogP contribution in [0, 0.1) is 17.8 Å². The van der Waals surface area contributed by atoms with Gasteiger partial charge in [0.1, 0.15) is 6.04 Å². The second-order valence-corrected chi connectivity index (χ2v) is 8.69. The summed E-state index contributed by atoms with van der Waals surface area (Å²) in [6.07, 6.45) is 0.370. The molecule has 3 N–H and O–H groups in total. The van der Waals surface area contributed by atoms with E-state index in [0.29, 0.717) is 6.42 Å². The zero-order chi connectivity index (χ0) is 23.4. The molecule has 2 amide bonds. The molecule has 0 aromatic heterocycles. The first-order valence-electron chi connectivity index (χ1n) is 10.2. The van der Waals surface area contributed by atoms with E-state index in [0.717, 1.165) is 4.90 Å². The van der Waals surface area contributed by atoms with E-state index < -0.39 is 41.6 Å². The molecular weight excluding hydrogens is 420 g/mol. The third-order valence-electron chi connectivity index (χ3n) is 4.78. The van der Waals surface area contributed by atoms with Gasteiger partial charge in [0.25, 0.3) is 0 Å². The molecule has 0 heterocycles. The van der Waals surface area contributed by atoms with Gasteiger partial charge in [0, 0.05) is 24.1 Å². The largest absolute Gasteiger partial charge is 0.481 e. The molecule has 0 aliphatic rings. The van der Waals surface area contributed by atoms with Crippen LogP contribution in [0.25, 0.3) is 0 Å². The zero-order valence-corrected chi connectivity index (χ0v) is 19.2. The van der Waals surface area contributed by atoms with Crippen LogP contribution in [-0.2, 0) is 23.9 Å². The van der Waals surface area contributed by atoms with E-state index in [9.17, 15) is 24.3 Å². The van der Waals surface area contributed by atoms with Crippen LogP contribution in [0.5, 0.6) is 0 Å². The van der Waals surface area contributed by atoms with E-state index in [-0.39, 0.29) is 24.5 Å². The Hall–Kier alpha value is -2.55. The molecule has 1 rings (SSSR count). The first kappa shape index (κ1) is 26.5. The van der Waals surface area contributed by atoms with Crippen LogP contribution in [-0.4, -0.2) is 54.8 Å². The second kappa shape index (κ2) is 13.7. The highest BCUT2D eigenvalue weighted by Gasteiger charge is 2.36. The predicted molar refractivity (Wildman–Crippen MR) is 118 cm³/mol. The van der Waals surface area contributed by atoms with Gasteiger partial charge in [0.15, 0.2) is 0 Å². The summed E-state index contributed by atoms with van der Waals surface area (Å²) in [5, 5.41) is 15.0. The predicted octanol–water partition coefficient (Wildman–Crippen LogP) is 2.33. The Labute approximate surface area is 187 Å². The number of nitrogens with one attached hydrogen (secondary N) is 2. The molecule has 0 aliphatic heterocycles. The summed E-state index contributed by atoms with van der Waals surface area (Å²) < 4.78 is 4.60. The number of rotatable bonds is 13. The first-order valence-corrected chi connectivity index (χ1v) is 11.2. The number of carboxylic acids is 1. The van der Waals surface area contributed by atoms with E-state index in [1.807, 2.05) is 44.2 Å². The molecule has 0 bridgehead atoms. The molecule has 0 aliphatic carbocycles. The zero-order valence-electron chi connectivity index (χ0n) is 18.4. The molecule has 0 spiro atoms. The molecule has 3 atom stereocenters. The lowest BCUT2D eigenvalue weighted by atomic mass is 9.85. The summed E-state index contributed by atoms with van der Waals surface area (Å²) in [5.41, 5.74) is 0. The summed E-state index contributed by atoms with van der Waals surface area (Å²) in [5.74, 6) is -3.97. The van der Waals surface area contributed by atoms with Crippen molar-refractivity contribution in [2.75, 3.05) is 19.9 Å². The Morgan fingerprint density at radius 3 is 2.23 bits per heavy atom. The highest BCUT2D eigenvalue weighted by molar-refractivity contribution is 7.99. The number of hydrogen-bond acceptors (Lipinski definition) is 6. The van der Waals surface area contributed by atoms with E-state index in [4.69, 9.17) is 0 Å². The number of amides is 2. The van der Waals surface area contributed by atoms with Gasteiger partial charge in [0.05, 0.1) is 18.9 Å². The summed E-state index contributed by atoms with van der Waals surface area (Å²) in [4.78, 5) is 49.7. The van der Waals surface area contributed by atoms with Gasteiger partial charge in [-0.15, -0.1) is 11.8 Å². The monoisotopic (exact) mass is 452 g/mol.